The highest BCUT2D eigenvalue weighted by atomic mass is 16.4. The molecule has 0 aromatic heterocycles. The second-order valence-electron chi connectivity index (χ2n) is 6.91. The Hall–Kier alpha value is -2.03. The minimum absolute atomic E-state index is 0.109. The van der Waals surface area contributed by atoms with Gasteiger partial charge in [-0.2, -0.15) is 0 Å². The molecule has 1 aromatic carbocycles. The van der Waals surface area contributed by atoms with E-state index in [1.54, 1.807) is 6.08 Å². The van der Waals surface area contributed by atoms with Crippen LogP contribution in [-0.4, -0.2) is 16.2 Å². The van der Waals surface area contributed by atoms with Gasteiger partial charge in [0.15, 0.2) is 0 Å². The van der Waals surface area contributed by atoms with Gasteiger partial charge in [0.25, 0.3) is 0 Å². The van der Waals surface area contributed by atoms with Gasteiger partial charge in [-0.1, -0.05) is 31.7 Å². The number of aliphatic carboxylic acids is 1. The van der Waals surface area contributed by atoms with E-state index in [4.69, 9.17) is 5.11 Å². The Bertz CT molecular complexity index is 672. The maximum atomic E-state index is 11.1. The zero-order valence-corrected chi connectivity index (χ0v) is 14.3. The lowest BCUT2D eigenvalue weighted by atomic mass is 9.59. The molecule has 0 saturated heterocycles. The molecule has 2 atom stereocenters. The quantitative estimate of drug-likeness (QED) is 0.781. The Morgan fingerprint density at radius 1 is 1.52 bits per heavy atom. The second kappa shape index (κ2) is 6.23. The molecule has 0 radical (unpaired) electrons. The van der Waals surface area contributed by atoms with Gasteiger partial charge in [-0.3, -0.25) is 4.79 Å². The number of aromatic hydroxyl groups is 1. The summed E-state index contributed by atoms with van der Waals surface area (Å²) in [5.41, 5.74) is 4.82. The first kappa shape index (κ1) is 17.3. The average molecular weight is 314 g/mol. The fraction of sp³-hybridized carbons (Fsp3) is 0.450. The number of carboxylic acid groups (broad SMARTS) is 1. The van der Waals surface area contributed by atoms with E-state index < -0.39 is 5.97 Å². The minimum Gasteiger partial charge on any atom is -0.508 e. The Morgan fingerprint density at radius 2 is 2.17 bits per heavy atom. The minimum atomic E-state index is -0.793. The fourth-order valence-electron chi connectivity index (χ4n) is 4.16. The van der Waals surface area contributed by atoms with Gasteiger partial charge in [-0.05, 0) is 72.8 Å². The summed E-state index contributed by atoms with van der Waals surface area (Å²) < 4.78 is 0. The molecule has 3 heteroatoms. The third-order valence-corrected chi connectivity index (χ3v) is 5.44. The predicted molar refractivity (Wildman–Crippen MR) is 93.8 cm³/mol. The average Bonchev–Trinajstić information content (AvgIpc) is 2.47. The van der Waals surface area contributed by atoms with Crippen LogP contribution in [0, 0.1) is 12.8 Å². The summed E-state index contributed by atoms with van der Waals surface area (Å²) in [4.78, 5) is 11.1. The second-order valence-corrected chi connectivity index (χ2v) is 6.91. The Kier molecular flexibility index (Phi) is 4.69. The van der Waals surface area contributed by atoms with Crippen LogP contribution >= 0.6 is 0 Å². The van der Waals surface area contributed by atoms with Crippen molar-refractivity contribution >= 4 is 12.0 Å². The van der Waals surface area contributed by atoms with Crippen molar-refractivity contribution in [1.82, 2.24) is 0 Å². The van der Waals surface area contributed by atoms with Crippen molar-refractivity contribution in [3.8, 4) is 5.75 Å². The largest absolute Gasteiger partial charge is 0.508 e. The van der Waals surface area contributed by atoms with E-state index >= 15 is 0 Å². The number of fused-ring (bicyclic) bond motifs is 1. The molecule has 0 fully saturated rings. The number of carboxylic acids is 1. The van der Waals surface area contributed by atoms with Crippen molar-refractivity contribution < 1.29 is 15.0 Å². The number of allylic oxidation sites excluding steroid dienone is 1. The van der Waals surface area contributed by atoms with Gasteiger partial charge >= 0.3 is 5.97 Å². The van der Waals surface area contributed by atoms with Gasteiger partial charge in [0, 0.05) is 6.42 Å². The molecule has 0 saturated carbocycles. The van der Waals surface area contributed by atoms with E-state index in [1.165, 1.54) is 5.56 Å². The molecular formula is C20H26O3. The van der Waals surface area contributed by atoms with E-state index in [0.29, 0.717) is 6.42 Å². The number of phenols is 1. The lowest BCUT2D eigenvalue weighted by molar-refractivity contribution is -0.137. The number of rotatable bonds is 5. The van der Waals surface area contributed by atoms with Gasteiger partial charge in [0.2, 0.25) is 0 Å². The zero-order valence-electron chi connectivity index (χ0n) is 14.3. The number of hydrogen-bond donors (Lipinski definition) is 2. The van der Waals surface area contributed by atoms with Crippen molar-refractivity contribution in [2.75, 3.05) is 0 Å². The summed E-state index contributed by atoms with van der Waals surface area (Å²) in [6.45, 7) is 14.0. The van der Waals surface area contributed by atoms with E-state index in [1.807, 2.05) is 19.9 Å². The molecule has 0 bridgehead atoms. The van der Waals surface area contributed by atoms with Crippen LogP contribution in [0.25, 0.3) is 6.08 Å². The Balaban J connectivity index is 2.66. The lowest BCUT2D eigenvalue weighted by Crippen LogP contribution is -2.38. The molecule has 0 spiro atoms. The number of carbonyl (C=O) groups is 1. The number of benzene rings is 1. The normalized spacial score (nSPS) is 23.2. The molecule has 23 heavy (non-hydrogen) atoms. The van der Waals surface area contributed by atoms with Crippen LogP contribution in [0.5, 0.6) is 5.75 Å². The van der Waals surface area contributed by atoms with Crippen LogP contribution in [0.15, 0.2) is 24.8 Å². The first-order valence-electron chi connectivity index (χ1n) is 8.08. The van der Waals surface area contributed by atoms with Crippen LogP contribution in [0.2, 0.25) is 0 Å². The predicted octanol–water partition coefficient (Wildman–Crippen LogP) is 4.60. The third-order valence-electron chi connectivity index (χ3n) is 5.44. The van der Waals surface area contributed by atoms with E-state index in [-0.39, 0.29) is 23.5 Å². The summed E-state index contributed by atoms with van der Waals surface area (Å²) in [6, 6.07) is 1.83. The molecule has 2 N–H and O–H groups in total. The highest BCUT2D eigenvalue weighted by Crippen LogP contribution is 2.50. The Labute approximate surface area is 138 Å². The van der Waals surface area contributed by atoms with Gasteiger partial charge < -0.3 is 10.2 Å². The van der Waals surface area contributed by atoms with Crippen molar-refractivity contribution in [3.05, 3.63) is 47.1 Å². The summed E-state index contributed by atoms with van der Waals surface area (Å²) in [6.07, 6.45) is 4.29. The maximum Gasteiger partial charge on any atom is 0.303 e. The van der Waals surface area contributed by atoms with Crippen molar-refractivity contribution in [2.24, 2.45) is 5.92 Å². The summed E-state index contributed by atoms with van der Waals surface area (Å²) >= 11 is 0. The Morgan fingerprint density at radius 3 is 2.70 bits per heavy atom. The molecule has 0 aliphatic heterocycles. The first-order valence-corrected chi connectivity index (χ1v) is 8.08. The maximum absolute atomic E-state index is 11.1. The molecular weight excluding hydrogens is 288 g/mol. The monoisotopic (exact) mass is 314 g/mol. The van der Waals surface area contributed by atoms with Crippen LogP contribution in [0.3, 0.4) is 0 Å². The molecule has 0 amide bonds. The summed E-state index contributed by atoms with van der Waals surface area (Å²) in [5.74, 6) is -0.323. The molecule has 1 aromatic rings. The fourth-order valence-corrected chi connectivity index (χ4v) is 4.16. The van der Waals surface area contributed by atoms with Crippen LogP contribution in [0.4, 0.5) is 0 Å². The van der Waals surface area contributed by atoms with E-state index in [2.05, 4.69) is 20.1 Å². The van der Waals surface area contributed by atoms with Crippen molar-refractivity contribution in [2.45, 2.75) is 51.9 Å². The van der Waals surface area contributed by atoms with Gasteiger partial charge in [0.05, 0.1) is 0 Å². The smallest absolute Gasteiger partial charge is 0.303 e. The van der Waals surface area contributed by atoms with Gasteiger partial charge in [-0.15, -0.1) is 0 Å². The standard InChI is InChI=1S/C20H26O3/c1-6-14-13(4)18(21)11-17-15(14)7-8-16(12(2)3)20(17,5)10-9-19(22)23/h6,11,16,21H,1-2,7-10H2,3-5H3,(H,22,23)/t16-,20-/m1/s1. The topological polar surface area (TPSA) is 57.5 Å². The van der Waals surface area contributed by atoms with E-state index in [9.17, 15) is 9.90 Å². The van der Waals surface area contributed by atoms with Crippen LogP contribution < -0.4 is 0 Å². The van der Waals surface area contributed by atoms with Gasteiger partial charge in [0.1, 0.15) is 5.75 Å². The highest BCUT2D eigenvalue weighted by Gasteiger charge is 2.42. The molecule has 1 aliphatic rings. The molecule has 0 unspecified atom stereocenters. The van der Waals surface area contributed by atoms with Crippen LogP contribution in [0.1, 0.15) is 55.4 Å². The van der Waals surface area contributed by atoms with Gasteiger partial charge in [-0.25, -0.2) is 0 Å². The first-order chi connectivity index (χ1) is 10.7. The van der Waals surface area contributed by atoms with Crippen LogP contribution in [-0.2, 0) is 16.6 Å². The van der Waals surface area contributed by atoms with E-state index in [0.717, 1.165) is 35.1 Å². The number of hydrogen-bond acceptors (Lipinski definition) is 2. The zero-order chi connectivity index (χ0) is 17.4. The molecule has 2 rings (SSSR count). The lowest BCUT2D eigenvalue weighted by Gasteiger charge is -2.44. The molecule has 124 valence electrons. The highest BCUT2D eigenvalue weighted by molar-refractivity contribution is 5.68. The van der Waals surface area contributed by atoms with Crippen molar-refractivity contribution in [1.29, 1.82) is 0 Å². The summed E-state index contributed by atoms with van der Waals surface area (Å²) in [7, 11) is 0. The van der Waals surface area contributed by atoms with Crippen molar-refractivity contribution in [3.63, 3.8) is 0 Å². The molecule has 0 heterocycles. The SMILES string of the molecule is C=Cc1c(C)c(O)cc2c1CC[C@H](C(=C)C)[C@@]2(C)CCC(=O)O. The third kappa shape index (κ3) is 2.92. The number of phenolic OH excluding ortho intramolecular Hbond substituents is 1. The molecule has 3 nitrogen and oxygen atoms in total. The molecule has 1 aliphatic carbocycles. The summed E-state index contributed by atoms with van der Waals surface area (Å²) in [5, 5.41) is 19.5.